The van der Waals surface area contributed by atoms with Crippen LogP contribution in [0.5, 0.6) is 0 Å². The summed E-state index contributed by atoms with van der Waals surface area (Å²) in [6, 6.07) is 0. The summed E-state index contributed by atoms with van der Waals surface area (Å²) in [5, 5.41) is 0. The molecule has 2 saturated heterocycles. The van der Waals surface area contributed by atoms with Crippen LogP contribution in [0.1, 0.15) is 12.8 Å². The number of rotatable bonds is 4. The first-order valence-electron chi connectivity index (χ1n) is 7.05. The van der Waals surface area contributed by atoms with Crippen LogP contribution in [-0.2, 0) is 14.3 Å². The van der Waals surface area contributed by atoms with Gasteiger partial charge in [0, 0.05) is 46.3 Å². The summed E-state index contributed by atoms with van der Waals surface area (Å²) in [5.41, 5.74) is 0.342. The van der Waals surface area contributed by atoms with Crippen molar-refractivity contribution >= 4 is 5.91 Å². The predicted molar refractivity (Wildman–Crippen MR) is 73.0 cm³/mol. The first-order chi connectivity index (χ1) is 9.11. The number of hydrogen-bond acceptors (Lipinski definition) is 4. The zero-order valence-corrected chi connectivity index (χ0v) is 12.4. The van der Waals surface area contributed by atoms with Crippen molar-refractivity contribution in [1.29, 1.82) is 0 Å². The molecule has 2 heterocycles. The number of carbonyl (C=O) groups is 1. The third-order valence-corrected chi connectivity index (χ3v) is 4.73. The topological polar surface area (TPSA) is 42.0 Å². The Morgan fingerprint density at radius 2 is 1.95 bits per heavy atom. The van der Waals surface area contributed by atoms with Crippen molar-refractivity contribution in [1.82, 2.24) is 9.80 Å². The molecule has 0 aromatic rings. The second-order valence-electron chi connectivity index (χ2n) is 6.03. The van der Waals surface area contributed by atoms with Gasteiger partial charge in [0.2, 0.25) is 5.91 Å². The second-order valence-corrected chi connectivity index (χ2v) is 6.03. The standard InChI is InChI=1S/C14H26N2O3/c1-15-8-12(9-18-2)14(11-15)4-6-16(7-5-14)13(17)10-19-3/h12H,4-11H2,1-3H3. The van der Waals surface area contributed by atoms with Crippen LogP contribution >= 0.6 is 0 Å². The van der Waals surface area contributed by atoms with Crippen LogP contribution in [0.15, 0.2) is 0 Å². The maximum absolute atomic E-state index is 11.8. The molecule has 1 unspecified atom stereocenters. The molecule has 0 aromatic heterocycles. The highest BCUT2D eigenvalue weighted by Crippen LogP contribution is 2.44. The van der Waals surface area contributed by atoms with Crippen LogP contribution in [0.4, 0.5) is 0 Å². The Labute approximate surface area is 115 Å². The van der Waals surface area contributed by atoms with Gasteiger partial charge in [-0.3, -0.25) is 4.79 Å². The molecule has 1 amide bonds. The zero-order valence-electron chi connectivity index (χ0n) is 12.4. The summed E-state index contributed by atoms with van der Waals surface area (Å²) in [6.45, 7) is 4.99. The minimum absolute atomic E-state index is 0.118. The fraction of sp³-hybridized carbons (Fsp3) is 0.929. The number of carbonyl (C=O) groups excluding carboxylic acids is 1. The van der Waals surface area contributed by atoms with E-state index in [1.54, 1.807) is 14.2 Å². The Bertz CT molecular complexity index is 314. The summed E-state index contributed by atoms with van der Waals surface area (Å²) in [5.74, 6) is 0.717. The third-order valence-electron chi connectivity index (χ3n) is 4.73. The predicted octanol–water partition coefficient (Wildman–Crippen LogP) is 0.450. The van der Waals surface area contributed by atoms with E-state index in [2.05, 4.69) is 11.9 Å². The van der Waals surface area contributed by atoms with Crippen LogP contribution < -0.4 is 0 Å². The Morgan fingerprint density at radius 3 is 2.53 bits per heavy atom. The third kappa shape index (κ3) is 3.09. The van der Waals surface area contributed by atoms with E-state index in [-0.39, 0.29) is 12.5 Å². The first kappa shape index (κ1) is 14.8. The van der Waals surface area contributed by atoms with E-state index in [1.807, 2.05) is 4.90 Å². The Hall–Kier alpha value is -0.650. The first-order valence-corrected chi connectivity index (χ1v) is 7.05. The van der Waals surface area contributed by atoms with E-state index in [0.717, 1.165) is 45.6 Å². The molecule has 0 bridgehead atoms. The molecule has 5 nitrogen and oxygen atoms in total. The second kappa shape index (κ2) is 6.20. The highest BCUT2D eigenvalue weighted by atomic mass is 16.5. The summed E-state index contributed by atoms with van der Waals surface area (Å²) < 4.78 is 10.3. The van der Waals surface area contributed by atoms with Crippen molar-refractivity contribution in [2.24, 2.45) is 11.3 Å². The van der Waals surface area contributed by atoms with E-state index >= 15 is 0 Å². The number of piperidine rings is 1. The van der Waals surface area contributed by atoms with Crippen molar-refractivity contribution < 1.29 is 14.3 Å². The Balaban J connectivity index is 1.95. The molecule has 2 fully saturated rings. The number of nitrogens with zero attached hydrogens (tertiary/aromatic N) is 2. The molecular formula is C14H26N2O3. The molecule has 0 radical (unpaired) electrons. The molecule has 19 heavy (non-hydrogen) atoms. The number of likely N-dealkylation sites (tertiary alicyclic amines) is 2. The number of ether oxygens (including phenoxy) is 2. The largest absolute Gasteiger partial charge is 0.384 e. The molecule has 0 saturated carbocycles. The average Bonchev–Trinajstić information content (AvgIpc) is 2.67. The summed E-state index contributed by atoms with van der Waals surface area (Å²) in [4.78, 5) is 16.2. The molecule has 2 rings (SSSR count). The lowest BCUT2D eigenvalue weighted by atomic mass is 9.71. The molecule has 2 aliphatic heterocycles. The molecular weight excluding hydrogens is 244 g/mol. The van der Waals surface area contributed by atoms with E-state index in [9.17, 15) is 4.79 Å². The molecule has 0 N–H and O–H groups in total. The highest BCUT2D eigenvalue weighted by Gasteiger charge is 2.47. The van der Waals surface area contributed by atoms with Gasteiger partial charge in [0.05, 0.1) is 6.61 Å². The van der Waals surface area contributed by atoms with Gasteiger partial charge in [-0.2, -0.15) is 0 Å². The van der Waals surface area contributed by atoms with Crippen LogP contribution in [0, 0.1) is 11.3 Å². The van der Waals surface area contributed by atoms with E-state index in [4.69, 9.17) is 9.47 Å². The Morgan fingerprint density at radius 1 is 1.26 bits per heavy atom. The van der Waals surface area contributed by atoms with Crippen molar-refractivity contribution in [3.8, 4) is 0 Å². The fourth-order valence-electron chi connectivity index (χ4n) is 3.71. The minimum Gasteiger partial charge on any atom is -0.384 e. The molecule has 1 spiro atoms. The molecule has 5 heteroatoms. The van der Waals surface area contributed by atoms with E-state index in [1.165, 1.54) is 0 Å². The van der Waals surface area contributed by atoms with Gasteiger partial charge in [-0.15, -0.1) is 0 Å². The van der Waals surface area contributed by atoms with Crippen molar-refractivity contribution in [3.05, 3.63) is 0 Å². The summed E-state index contributed by atoms with van der Waals surface area (Å²) in [7, 11) is 5.53. The van der Waals surface area contributed by atoms with Crippen LogP contribution in [-0.4, -0.2) is 76.4 Å². The van der Waals surface area contributed by atoms with Gasteiger partial charge in [0.15, 0.2) is 0 Å². The summed E-state index contributed by atoms with van der Waals surface area (Å²) in [6.07, 6.45) is 2.17. The molecule has 1 atom stereocenters. The lowest BCUT2D eigenvalue weighted by Gasteiger charge is -2.42. The van der Waals surface area contributed by atoms with Gasteiger partial charge in [-0.1, -0.05) is 0 Å². The molecule has 0 aliphatic carbocycles. The number of amides is 1. The van der Waals surface area contributed by atoms with Gasteiger partial charge in [-0.25, -0.2) is 0 Å². The minimum atomic E-state index is 0.118. The number of hydrogen-bond donors (Lipinski definition) is 0. The van der Waals surface area contributed by atoms with Crippen LogP contribution in [0.25, 0.3) is 0 Å². The van der Waals surface area contributed by atoms with Crippen molar-refractivity contribution in [3.63, 3.8) is 0 Å². The lowest BCUT2D eigenvalue weighted by Crippen LogP contribution is -2.48. The smallest absolute Gasteiger partial charge is 0.248 e. The van der Waals surface area contributed by atoms with E-state index in [0.29, 0.717) is 11.3 Å². The highest BCUT2D eigenvalue weighted by molar-refractivity contribution is 5.77. The van der Waals surface area contributed by atoms with Crippen molar-refractivity contribution in [2.75, 3.05) is 60.7 Å². The lowest BCUT2D eigenvalue weighted by molar-refractivity contribution is -0.138. The molecule has 0 aromatic carbocycles. The maximum Gasteiger partial charge on any atom is 0.248 e. The van der Waals surface area contributed by atoms with Crippen molar-refractivity contribution in [2.45, 2.75) is 12.8 Å². The average molecular weight is 270 g/mol. The van der Waals surface area contributed by atoms with Crippen LogP contribution in [0.2, 0.25) is 0 Å². The fourth-order valence-corrected chi connectivity index (χ4v) is 3.71. The normalized spacial score (nSPS) is 27.1. The van der Waals surface area contributed by atoms with Gasteiger partial charge < -0.3 is 19.3 Å². The van der Waals surface area contributed by atoms with Gasteiger partial charge in [0.25, 0.3) is 0 Å². The summed E-state index contributed by atoms with van der Waals surface area (Å²) >= 11 is 0. The van der Waals surface area contributed by atoms with Gasteiger partial charge >= 0.3 is 0 Å². The monoisotopic (exact) mass is 270 g/mol. The maximum atomic E-state index is 11.8. The quantitative estimate of drug-likeness (QED) is 0.744. The van der Waals surface area contributed by atoms with Crippen LogP contribution in [0.3, 0.4) is 0 Å². The molecule has 2 aliphatic rings. The molecule has 110 valence electrons. The van der Waals surface area contributed by atoms with Gasteiger partial charge in [0.1, 0.15) is 6.61 Å². The number of methoxy groups -OCH3 is 2. The van der Waals surface area contributed by atoms with Gasteiger partial charge in [-0.05, 0) is 25.3 Å². The zero-order chi connectivity index (χ0) is 13.9. The Kier molecular flexibility index (Phi) is 4.81. The SMILES string of the molecule is COCC(=O)N1CCC2(CC1)CN(C)CC2COC. The van der Waals surface area contributed by atoms with E-state index < -0.39 is 0 Å².